The van der Waals surface area contributed by atoms with Gasteiger partial charge in [-0.15, -0.1) is 0 Å². The van der Waals surface area contributed by atoms with Crippen LogP contribution in [0.5, 0.6) is 0 Å². The van der Waals surface area contributed by atoms with E-state index in [1.165, 1.54) is 35.9 Å². The zero-order chi connectivity index (χ0) is 18.0. The minimum atomic E-state index is -0.642. The Morgan fingerprint density at radius 1 is 1.36 bits per heavy atom. The number of carbonyl (C=O) groups excluding carboxylic acids is 1. The Bertz CT molecular complexity index is 1030. The highest BCUT2D eigenvalue weighted by Crippen LogP contribution is 2.28. The number of thiazole rings is 1. The zero-order valence-electron chi connectivity index (χ0n) is 12.9. The molecule has 3 aromatic rings. The molecule has 0 unspecified atom stereocenters. The molecule has 2 aromatic heterocycles. The van der Waals surface area contributed by atoms with E-state index in [9.17, 15) is 14.9 Å². The van der Waals surface area contributed by atoms with Gasteiger partial charge in [0.2, 0.25) is 0 Å². The first-order chi connectivity index (χ1) is 12.0. The predicted octanol–water partition coefficient (Wildman–Crippen LogP) is 3.79. The summed E-state index contributed by atoms with van der Waals surface area (Å²) in [5.41, 5.74) is 0.529. The van der Waals surface area contributed by atoms with Crippen molar-refractivity contribution in [2.45, 2.75) is 13.5 Å². The summed E-state index contributed by atoms with van der Waals surface area (Å²) >= 11 is 6.57. The van der Waals surface area contributed by atoms with Crippen molar-refractivity contribution in [2.24, 2.45) is 0 Å². The van der Waals surface area contributed by atoms with E-state index in [2.05, 4.69) is 20.6 Å². The molecule has 9 nitrogen and oxygen atoms in total. The second-order valence-electron chi connectivity index (χ2n) is 4.84. The SMILES string of the molecule is CCn1c(=S)sc2c(NC(=O)Nc3ccccc3[N+](=O)[O-])ncnc21. The lowest BCUT2D eigenvalue weighted by atomic mass is 10.3. The molecule has 0 fully saturated rings. The number of nitro benzene ring substituents is 1. The lowest BCUT2D eigenvalue weighted by molar-refractivity contribution is -0.383. The maximum absolute atomic E-state index is 12.2. The summed E-state index contributed by atoms with van der Waals surface area (Å²) in [5, 5.41) is 16.1. The van der Waals surface area contributed by atoms with Crippen molar-refractivity contribution in [3.63, 3.8) is 0 Å². The second kappa shape index (κ2) is 6.91. The lowest BCUT2D eigenvalue weighted by Crippen LogP contribution is -2.20. The normalized spacial score (nSPS) is 10.6. The molecule has 0 saturated heterocycles. The number of nitrogens with one attached hydrogen (secondary N) is 2. The van der Waals surface area contributed by atoms with Crippen molar-refractivity contribution in [3.8, 4) is 0 Å². The standard InChI is InChI=1S/C14H12N6O3S2/c1-2-19-12-10(25-14(19)24)11(15-7-16-12)18-13(21)17-8-5-3-4-6-9(8)20(22)23/h3-7H,2H2,1H3,(H2,15,16,17,18,21). The first kappa shape index (κ1) is 16.9. The molecule has 0 saturated carbocycles. The molecule has 25 heavy (non-hydrogen) atoms. The summed E-state index contributed by atoms with van der Waals surface area (Å²) in [6.07, 6.45) is 1.33. The van der Waals surface area contributed by atoms with Crippen molar-refractivity contribution in [1.82, 2.24) is 14.5 Å². The summed E-state index contributed by atoms with van der Waals surface area (Å²) in [5.74, 6) is 0.296. The largest absolute Gasteiger partial charge is 0.325 e. The van der Waals surface area contributed by atoms with Crippen LogP contribution in [-0.4, -0.2) is 25.5 Å². The summed E-state index contributed by atoms with van der Waals surface area (Å²) < 4.78 is 3.11. The third kappa shape index (κ3) is 3.32. The molecule has 0 bridgehead atoms. The second-order valence-corrected chi connectivity index (χ2v) is 6.48. The van der Waals surface area contributed by atoms with E-state index in [1.54, 1.807) is 6.07 Å². The van der Waals surface area contributed by atoms with Crippen LogP contribution in [-0.2, 0) is 6.54 Å². The number of benzene rings is 1. The van der Waals surface area contributed by atoms with Gasteiger partial charge in [0.15, 0.2) is 15.4 Å². The smallest absolute Gasteiger partial charge is 0.308 e. The number of nitrogens with zero attached hydrogens (tertiary/aromatic N) is 4. The monoisotopic (exact) mass is 376 g/mol. The van der Waals surface area contributed by atoms with E-state index in [1.807, 2.05) is 11.5 Å². The minimum absolute atomic E-state index is 0.0917. The van der Waals surface area contributed by atoms with Crippen molar-refractivity contribution < 1.29 is 9.72 Å². The van der Waals surface area contributed by atoms with Crippen molar-refractivity contribution in [1.29, 1.82) is 0 Å². The number of nitro groups is 1. The summed E-state index contributed by atoms with van der Waals surface area (Å²) in [6, 6.07) is 5.24. The number of aryl methyl sites for hydroxylation is 1. The van der Waals surface area contributed by atoms with Crippen molar-refractivity contribution in [3.05, 3.63) is 44.7 Å². The quantitative estimate of drug-likeness (QED) is 0.407. The molecule has 0 aliphatic heterocycles. The van der Waals surface area contributed by atoms with Gasteiger partial charge in [-0.1, -0.05) is 23.5 Å². The van der Waals surface area contributed by atoms with E-state index in [0.29, 0.717) is 26.7 Å². The van der Waals surface area contributed by atoms with Crippen molar-refractivity contribution in [2.75, 3.05) is 10.6 Å². The summed E-state index contributed by atoms with van der Waals surface area (Å²) in [4.78, 5) is 30.9. The van der Waals surface area contributed by atoms with Gasteiger partial charge in [-0.25, -0.2) is 14.8 Å². The number of carbonyl (C=O) groups is 1. The highest BCUT2D eigenvalue weighted by atomic mass is 32.1. The Balaban J connectivity index is 1.89. The number of hydrogen-bond donors (Lipinski definition) is 2. The maximum Gasteiger partial charge on any atom is 0.325 e. The number of aromatic nitrogens is 3. The highest BCUT2D eigenvalue weighted by molar-refractivity contribution is 7.73. The molecule has 3 rings (SSSR count). The number of para-hydroxylation sites is 2. The Kier molecular flexibility index (Phi) is 4.67. The fraction of sp³-hybridized carbons (Fsp3) is 0.143. The van der Waals surface area contributed by atoms with Gasteiger partial charge in [0.05, 0.1) is 4.92 Å². The molecule has 0 aliphatic rings. The molecule has 1 aromatic carbocycles. The van der Waals surface area contributed by atoms with Gasteiger partial charge in [-0.05, 0) is 25.2 Å². The summed E-state index contributed by atoms with van der Waals surface area (Å²) in [7, 11) is 0. The third-order valence-corrected chi connectivity index (χ3v) is 4.79. The van der Waals surface area contributed by atoms with Gasteiger partial charge in [0.25, 0.3) is 5.69 Å². The van der Waals surface area contributed by atoms with Gasteiger partial charge >= 0.3 is 6.03 Å². The molecule has 11 heteroatoms. The molecule has 0 atom stereocenters. The van der Waals surface area contributed by atoms with Gasteiger partial charge in [-0.3, -0.25) is 15.4 Å². The number of anilines is 2. The van der Waals surface area contributed by atoms with E-state index in [4.69, 9.17) is 12.2 Å². The van der Waals surface area contributed by atoms with E-state index < -0.39 is 11.0 Å². The van der Waals surface area contributed by atoms with Crippen LogP contribution in [0.15, 0.2) is 30.6 Å². The van der Waals surface area contributed by atoms with Crippen LogP contribution in [0.2, 0.25) is 0 Å². The molecule has 0 aliphatic carbocycles. The Morgan fingerprint density at radius 3 is 2.84 bits per heavy atom. The van der Waals surface area contributed by atoms with E-state index >= 15 is 0 Å². The van der Waals surface area contributed by atoms with Gasteiger partial charge in [-0.2, -0.15) is 0 Å². The molecule has 128 valence electrons. The lowest BCUT2D eigenvalue weighted by Gasteiger charge is -2.08. The average Bonchev–Trinajstić information content (AvgIpc) is 2.91. The molecular weight excluding hydrogens is 364 g/mol. The van der Waals surface area contributed by atoms with Gasteiger partial charge in [0.1, 0.15) is 16.7 Å². The maximum atomic E-state index is 12.2. The third-order valence-electron chi connectivity index (χ3n) is 3.35. The Hall–Kier alpha value is -2.92. The molecule has 2 N–H and O–H groups in total. The fourth-order valence-corrected chi connectivity index (χ4v) is 3.67. The van der Waals surface area contributed by atoms with E-state index in [-0.39, 0.29) is 11.4 Å². The minimum Gasteiger partial charge on any atom is -0.308 e. The predicted molar refractivity (Wildman–Crippen MR) is 97.7 cm³/mol. The number of fused-ring (bicyclic) bond motifs is 1. The fourth-order valence-electron chi connectivity index (χ4n) is 2.25. The van der Waals surface area contributed by atoms with Crippen LogP contribution < -0.4 is 10.6 Å². The first-order valence-corrected chi connectivity index (χ1v) is 8.39. The first-order valence-electron chi connectivity index (χ1n) is 7.17. The number of hydrogen-bond acceptors (Lipinski definition) is 7. The zero-order valence-corrected chi connectivity index (χ0v) is 14.6. The number of rotatable bonds is 4. The van der Waals surface area contributed by atoms with Crippen LogP contribution in [0.3, 0.4) is 0 Å². The Morgan fingerprint density at radius 2 is 2.12 bits per heavy atom. The van der Waals surface area contributed by atoms with Crippen LogP contribution in [0.4, 0.5) is 22.0 Å². The van der Waals surface area contributed by atoms with Gasteiger partial charge < -0.3 is 9.88 Å². The van der Waals surface area contributed by atoms with Crippen molar-refractivity contribution >= 4 is 57.1 Å². The molecular formula is C14H12N6O3S2. The summed E-state index contributed by atoms with van der Waals surface area (Å²) in [6.45, 7) is 2.59. The van der Waals surface area contributed by atoms with Crippen LogP contribution in [0, 0.1) is 14.1 Å². The van der Waals surface area contributed by atoms with Crippen LogP contribution >= 0.6 is 23.6 Å². The molecule has 2 amide bonds. The average molecular weight is 376 g/mol. The van der Waals surface area contributed by atoms with Gasteiger partial charge in [0, 0.05) is 12.6 Å². The molecule has 2 heterocycles. The topological polar surface area (TPSA) is 115 Å². The Labute approximate surface area is 150 Å². The van der Waals surface area contributed by atoms with Crippen LogP contribution in [0.25, 0.3) is 10.3 Å². The molecule has 0 spiro atoms. The number of urea groups is 1. The van der Waals surface area contributed by atoms with E-state index in [0.717, 1.165) is 0 Å². The highest BCUT2D eigenvalue weighted by Gasteiger charge is 2.17. The van der Waals surface area contributed by atoms with Crippen LogP contribution in [0.1, 0.15) is 6.92 Å². The number of amides is 2. The molecule has 0 radical (unpaired) electrons.